The lowest BCUT2D eigenvalue weighted by atomic mass is 10.1. The van der Waals surface area contributed by atoms with Crippen LogP contribution in [-0.4, -0.2) is 16.1 Å². The number of para-hydroxylation sites is 1. The van der Waals surface area contributed by atoms with Crippen LogP contribution in [0, 0.1) is 18.6 Å². The number of aryl methyl sites for hydroxylation is 1. The van der Waals surface area contributed by atoms with Gasteiger partial charge in [-0.2, -0.15) is 0 Å². The van der Waals surface area contributed by atoms with Gasteiger partial charge in [-0.1, -0.05) is 6.07 Å². The summed E-state index contributed by atoms with van der Waals surface area (Å²) in [6.07, 6.45) is 0. The number of benzene rings is 2. The monoisotopic (exact) mass is 289 g/mol. The van der Waals surface area contributed by atoms with Crippen LogP contribution in [0.15, 0.2) is 34.7 Å². The molecule has 21 heavy (non-hydrogen) atoms. The highest BCUT2D eigenvalue weighted by atomic mass is 19.1. The van der Waals surface area contributed by atoms with Crippen molar-refractivity contribution in [1.82, 2.24) is 4.98 Å². The van der Waals surface area contributed by atoms with E-state index in [0.717, 1.165) is 6.07 Å². The molecular formula is C15H9F2NO3. The van der Waals surface area contributed by atoms with Crippen LogP contribution in [0.1, 0.15) is 15.9 Å². The molecule has 0 fully saturated rings. The van der Waals surface area contributed by atoms with Crippen molar-refractivity contribution in [3.8, 4) is 11.5 Å². The number of nitrogens with zero attached hydrogens (tertiary/aromatic N) is 1. The number of hydrogen-bond acceptors (Lipinski definition) is 3. The topological polar surface area (TPSA) is 63.3 Å². The standard InChI is InChI=1S/C15H9F2NO3/c1-7-5-9(11(17)6-10(7)16)14-18-13-8(15(19)20)3-2-4-12(13)21-14/h2-6H,1H3,(H,19,20). The van der Waals surface area contributed by atoms with Gasteiger partial charge >= 0.3 is 5.97 Å². The molecule has 3 aromatic rings. The number of carbonyl (C=O) groups is 1. The summed E-state index contributed by atoms with van der Waals surface area (Å²) in [6, 6.07) is 6.44. The Morgan fingerprint density at radius 1 is 1.24 bits per heavy atom. The molecule has 106 valence electrons. The number of fused-ring (bicyclic) bond motifs is 1. The molecule has 0 atom stereocenters. The molecule has 2 aromatic carbocycles. The first-order valence-electron chi connectivity index (χ1n) is 6.06. The summed E-state index contributed by atoms with van der Waals surface area (Å²) < 4.78 is 32.5. The summed E-state index contributed by atoms with van der Waals surface area (Å²) >= 11 is 0. The van der Waals surface area contributed by atoms with Crippen LogP contribution in [0.4, 0.5) is 8.78 Å². The van der Waals surface area contributed by atoms with E-state index >= 15 is 0 Å². The Morgan fingerprint density at radius 2 is 2.00 bits per heavy atom. The Labute approximate surface area is 117 Å². The largest absolute Gasteiger partial charge is 0.478 e. The van der Waals surface area contributed by atoms with Crippen molar-refractivity contribution in [1.29, 1.82) is 0 Å². The summed E-state index contributed by atoms with van der Waals surface area (Å²) in [5.74, 6) is -2.73. The smallest absolute Gasteiger partial charge is 0.338 e. The minimum atomic E-state index is -1.16. The first-order valence-corrected chi connectivity index (χ1v) is 6.06. The molecule has 1 heterocycles. The predicted molar refractivity (Wildman–Crippen MR) is 71.1 cm³/mol. The number of aromatic nitrogens is 1. The number of hydrogen-bond donors (Lipinski definition) is 1. The normalized spacial score (nSPS) is 11.0. The minimum Gasteiger partial charge on any atom is -0.478 e. The van der Waals surface area contributed by atoms with Gasteiger partial charge in [-0.05, 0) is 30.7 Å². The summed E-state index contributed by atoms with van der Waals surface area (Å²) in [5.41, 5.74) is 0.544. The molecule has 0 aliphatic heterocycles. The van der Waals surface area contributed by atoms with Crippen LogP contribution in [-0.2, 0) is 0 Å². The first-order chi connectivity index (χ1) is 9.97. The third-order valence-corrected chi connectivity index (χ3v) is 3.13. The lowest BCUT2D eigenvalue weighted by Gasteiger charge is -2.01. The average molecular weight is 289 g/mol. The molecule has 0 unspecified atom stereocenters. The molecule has 0 amide bonds. The Kier molecular flexibility index (Phi) is 2.94. The number of rotatable bonds is 2. The van der Waals surface area contributed by atoms with E-state index in [1.54, 1.807) is 0 Å². The highest BCUT2D eigenvalue weighted by molar-refractivity contribution is 6.00. The highest BCUT2D eigenvalue weighted by Gasteiger charge is 2.18. The lowest BCUT2D eigenvalue weighted by molar-refractivity contribution is 0.0699. The van der Waals surface area contributed by atoms with E-state index in [4.69, 9.17) is 9.52 Å². The fourth-order valence-electron chi connectivity index (χ4n) is 2.06. The van der Waals surface area contributed by atoms with Crippen molar-refractivity contribution in [2.24, 2.45) is 0 Å². The fraction of sp³-hybridized carbons (Fsp3) is 0.0667. The third kappa shape index (κ3) is 2.14. The SMILES string of the molecule is Cc1cc(-c2nc3c(C(=O)O)cccc3o2)c(F)cc1F. The zero-order valence-corrected chi connectivity index (χ0v) is 10.9. The number of aromatic carboxylic acids is 1. The Hall–Kier alpha value is -2.76. The van der Waals surface area contributed by atoms with Crippen LogP contribution in [0.3, 0.4) is 0 Å². The summed E-state index contributed by atoms with van der Waals surface area (Å²) in [6.45, 7) is 1.49. The zero-order chi connectivity index (χ0) is 15.1. The summed E-state index contributed by atoms with van der Waals surface area (Å²) in [5, 5.41) is 9.09. The van der Waals surface area contributed by atoms with Crippen LogP contribution in [0.2, 0.25) is 0 Å². The number of carboxylic acid groups (broad SMARTS) is 1. The molecule has 1 aromatic heterocycles. The van der Waals surface area contributed by atoms with Crippen molar-refractivity contribution >= 4 is 17.1 Å². The first kappa shape index (κ1) is 13.2. The fourth-order valence-corrected chi connectivity index (χ4v) is 2.06. The van der Waals surface area contributed by atoms with Gasteiger partial charge in [0.1, 0.15) is 17.2 Å². The molecule has 6 heteroatoms. The number of carboxylic acids is 1. The molecule has 4 nitrogen and oxygen atoms in total. The van der Waals surface area contributed by atoms with E-state index in [1.807, 2.05) is 0 Å². The Morgan fingerprint density at radius 3 is 2.71 bits per heavy atom. The maximum atomic E-state index is 13.8. The second-order valence-corrected chi connectivity index (χ2v) is 4.56. The van der Waals surface area contributed by atoms with Gasteiger partial charge < -0.3 is 9.52 Å². The van der Waals surface area contributed by atoms with Crippen molar-refractivity contribution in [2.75, 3.05) is 0 Å². The molecule has 0 radical (unpaired) electrons. The quantitative estimate of drug-likeness (QED) is 0.779. The van der Waals surface area contributed by atoms with Gasteiger partial charge in [0.15, 0.2) is 5.58 Å². The van der Waals surface area contributed by atoms with Gasteiger partial charge in [-0.15, -0.1) is 0 Å². The van der Waals surface area contributed by atoms with Crippen molar-refractivity contribution in [3.05, 3.63) is 53.1 Å². The van der Waals surface area contributed by atoms with Crippen LogP contribution in [0.5, 0.6) is 0 Å². The van der Waals surface area contributed by atoms with E-state index in [-0.39, 0.29) is 33.7 Å². The maximum Gasteiger partial charge on any atom is 0.338 e. The van der Waals surface area contributed by atoms with Crippen molar-refractivity contribution in [2.45, 2.75) is 6.92 Å². The van der Waals surface area contributed by atoms with E-state index in [9.17, 15) is 13.6 Å². The van der Waals surface area contributed by atoms with Crippen LogP contribution >= 0.6 is 0 Å². The number of oxazole rings is 1. The molecule has 0 bridgehead atoms. The second kappa shape index (κ2) is 4.66. The van der Waals surface area contributed by atoms with Gasteiger partial charge in [-0.25, -0.2) is 18.6 Å². The van der Waals surface area contributed by atoms with Gasteiger partial charge in [0.25, 0.3) is 0 Å². The molecule has 3 rings (SSSR count). The predicted octanol–water partition coefficient (Wildman–Crippen LogP) is 3.78. The van der Waals surface area contributed by atoms with Crippen molar-refractivity contribution in [3.63, 3.8) is 0 Å². The van der Waals surface area contributed by atoms with Gasteiger partial charge in [0, 0.05) is 6.07 Å². The maximum absolute atomic E-state index is 13.8. The zero-order valence-electron chi connectivity index (χ0n) is 10.9. The molecule has 0 saturated heterocycles. The second-order valence-electron chi connectivity index (χ2n) is 4.56. The van der Waals surface area contributed by atoms with Crippen LogP contribution < -0.4 is 0 Å². The molecule has 0 aliphatic rings. The van der Waals surface area contributed by atoms with E-state index < -0.39 is 17.6 Å². The van der Waals surface area contributed by atoms with Crippen molar-refractivity contribution < 1.29 is 23.1 Å². The molecule has 0 spiro atoms. The molecule has 0 aliphatic carbocycles. The van der Waals surface area contributed by atoms with E-state index in [0.29, 0.717) is 0 Å². The number of halogens is 2. The average Bonchev–Trinajstić information content (AvgIpc) is 2.85. The Balaban J connectivity index is 2.25. The molecular weight excluding hydrogens is 280 g/mol. The van der Waals surface area contributed by atoms with Crippen LogP contribution in [0.25, 0.3) is 22.6 Å². The Bertz CT molecular complexity index is 871. The van der Waals surface area contributed by atoms with E-state index in [2.05, 4.69) is 4.98 Å². The third-order valence-electron chi connectivity index (χ3n) is 3.13. The molecule has 1 N–H and O–H groups in total. The lowest BCUT2D eigenvalue weighted by Crippen LogP contribution is -1.96. The van der Waals surface area contributed by atoms with E-state index in [1.165, 1.54) is 31.2 Å². The van der Waals surface area contributed by atoms with Gasteiger partial charge in [-0.3, -0.25) is 0 Å². The summed E-state index contributed by atoms with van der Waals surface area (Å²) in [4.78, 5) is 15.1. The molecule has 0 saturated carbocycles. The van der Waals surface area contributed by atoms with Gasteiger partial charge in [0.05, 0.1) is 11.1 Å². The highest BCUT2D eigenvalue weighted by Crippen LogP contribution is 2.29. The minimum absolute atomic E-state index is 0.0126. The van der Waals surface area contributed by atoms with Gasteiger partial charge in [0.2, 0.25) is 5.89 Å². The summed E-state index contributed by atoms with van der Waals surface area (Å²) in [7, 11) is 0.